The Morgan fingerprint density at radius 1 is 1.42 bits per heavy atom. The summed E-state index contributed by atoms with van der Waals surface area (Å²) in [5, 5.41) is 3.37. The standard InChI is InChI=1S/C9H13N3/c1-2-8(6-10-3-1)9-7-11-4-5-12-9/h4-5,7-8,10H,1-3,6H2/t8-/m1/s1. The first-order valence-electron chi connectivity index (χ1n) is 4.43. The smallest absolute Gasteiger partial charge is 0.0630 e. The van der Waals surface area contributed by atoms with Crippen LogP contribution in [0.15, 0.2) is 18.6 Å². The Labute approximate surface area is 72.2 Å². The first-order chi connectivity index (χ1) is 5.97. The number of aromatic nitrogens is 2. The molecule has 1 fully saturated rings. The fourth-order valence-electron chi connectivity index (χ4n) is 1.63. The Bertz CT molecular complexity index is 229. The van der Waals surface area contributed by atoms with E-state index < -0.39 is 0 Å². The van der Waals surface area contributed by atoms with E-state index in [2.05, 4.69) is 15.3 Å². The number of piperidine rings is 1. The highest BCUT2D eigenvalue weighted by Crippen LogP contribution is 2.19. The van der Waals surface area contributed by atoms with Crippen LogP contribution in [0.25, 0.3) is 0 Å². The summed E-state index contributed by atoms with van der Waals surface area (Å²) >= 11 is 0. The number of nitrogens with one attached hydrogen (secondary N) is 1. The van der Waals surface area contributed by atoms with Crippen molar-refractivity contribution in [1.82, 2.24) is 15.3 Å². The number of rotatable bonds is 1. The maximum absolute atomic E-state index is 4.30. The molecule has 3 heteroatoms. The highest BCUT2D eigenvalue weighted by molar-refractivity contribution is 5.04. The molecule has 1 aromatic heterocycles. The van der Waals surface area contributed by atoms with Crippen LogP contribution in [0.2, 0.25) is 0 Å². The van der Waals surface area contributed by atoms with Gasteiger partial charge in [0.1, 0.15) is 0 Å². The van der Waals surface area contributed by atoms with Gasteiger partial charge in [-0.05, 0) is 19.4 Å². The molecule has 2 heterocycles. The molecule has 0 bridgehead atoms. The first kappa shape index (κ1) is 7.68. The van der Waals surface area contributed by atoms with Crippen molar-refractivity contribution in [2.45, 2.75) is 18.8 Å². The molecule has 0 spiro atoms. The molecule has 1 atom stereocenters. The molecule has 0 aromatic carbocycles. The van der Waals surface area contributed by atoms with Gasteiger partial charge >= 0.3 is 0 Å². The Morgan fingerprint density at radius 2 is 2.42 bits per heavy atom. The van der Waals surface area contributed by atoms with Crippen molar-refractivity contribution in [1.29, 1.82) is 0 Å². The van der Waals surface area contributed by atoms with E-state index in [-0.39, 0.29) is 0 Å². The number of hydrogen-bond donors (Lipinski definition) is 1. The van der Waals surface area contributed by atoms with Crippen LogP contribution in [0, 0.1) is 0 Å². The SMILES string of the molecule is c1cnc([C@@H]2CCCNC2)cn1. The minimum absolute atomic E-state index is 0.576. The van der Waals surface area contributed by atoms with Crippen molar-refractivity contribution in [2.75, 3.05) is 13.1 Å². The summed E-state index contributed by atoms with van der Waals surface area (Å²) in [6.45, 7) is 2.20. The topological polar surface area (TPSA) is 37.8 Å². The average molecular weight is 163 g/mol. The predicted octanol–water partition coefficient (Wildman–Crippen LogP) is 0.944. The minimum Gasteiger partial charge on any atom is -0.316 e. The van der Waals surface area contributed by atoms with Gasteiger partial charge in [0.05, 0.1) is 5.69 Å². The van der Waals surface area contributed by atoms with Crippen molar-refractivity contribution >= 4 is 0 Å². The second-order valence-electron chi connectivity index (χ2n) is 3.17. The molecule has 12 heavy (non-hydrogen) atoms. The fourth-order valence-corrected chi connectivity index (χ4v) is 1.63. The van der Waals surface area contributed by atoms with Crippen LogP contribution < -0.4 is 5.32 Å². The summed E-state index contributed by atoms with van der Waals surface area (Å²) in [6.07, 6.45) is 7.86. The molecule has 0 amide bonds. The van der Waals surface area contributed by atoms with Gasteiger partial charge in [-0.2, -0.15) is 0 Å². The second-order valence-corrected chi connectivity index (χ2v) is 3.17. The van der Waals surface area contributed by atoms with Gasteiger partial charge < -0.3 is 5.32 Å². The average Bonchev–Trinajstić information content (AvgIpc) is 2.21. The fraction of sp³-hybridized carbons (Fsp3) is 0.556. The Kier molecular flexibility index (Phi) is 2.32. The molecule has 1 N–H and O–H groups in total. The van der Waals surface area contributed by atoms with Crippen LogP contribution in [0.1, 0.15) is 24.5 Å². The number of nitrogens with zero attached hydrogens (tertiary/aromatic N) is 2. The van der Waals surface area contributed by atoms with Crippen LogP contribution in [0.3, 0.4) is 0 Å². The largest absolute Gasteiger partial charge is 0.316 e. The molecule has 2 rings (SSSR count). The lowest BCUT2D eigenvalue weighted by Crippen LogP contribution is -2.28. The third-order valence-corrected chi connectivity index (χ3v) is 2.30. The summed E-state index contributed by atoms with van der Waals surface area (Å²) < 4.78 is 0. The van der Waals surface area contributed by atoms with Gasteiger partial charge in [-0.25, -0.2) is 0 Å². The van der Waals surface area contributed by atoms with E-state index in [1.165, 1.54) is 12.8 Å². The van der Waals surface area contributed by atoms with Crippen LogP contribution >= 0.6 is 0 Å². The molecular formula is C9H13N3. The van der Waals surface area contributed by atoms with E-state index >= 15 is 0 Å². The maximum Gasteiger partial charge on any atom is 0.0630 e. The normalized spacial score (nSPS) is 23.8. The zero-order chi connectivity index (χ0) is 8.23. The third kappa shape index (κ3) is 1.61. The Morgan fingerprint density at radius 3 is 3.08 bits per heavy atom. The van der Waals surface area contributed by atoms with Gasteiger partial charge in [-0.15, -0.1) is 0 Å². The van der Waals surface area contributed by atoms with Gasteiger partial charge in [0, 0.05) is 31.1 Å². The van der Waals surface area contributed by atoms with Crippen molar-refractivity contribution in [3.05, 3.63) is 24.3 Å². The van der Waals surface area contributed by atoms with Crippen LogP contribution in [0.4, 0.5) is 0 Å². The van der Waals surface area contributed by atoms with Crippen molar-refractivity contribution in [3.63, 3.8) is 0 Å². The molecule has 0 radical (unpaired) electrons. The molecule has 0 saturated carbocycles. The minimum atomic E-state index is 0.576. The van der Waals surface area contributed by atoms with E-state index in [0.29, 0.717) is 5.92 Å². The summed E-state index contributed by atoms with van der Waals surface area (Å²) in [7, 11) is 0. The van der Waals surface area contributed by atoms with E-state index in [1.807, 2.05) is 6.20 Å². The molecule has 1 aliphatic heterocycles. The zero-order valence-electron chi connectivity index (χ0n) is 7.03. The van der Waals surface area contributed by atoms with Gasteiger partial charge in [0.15, 0.2) is 0 Å². The van der Waals surface area contributed by atoms with Crippen LogP contribution in [-0.4, -0.2) is 23.1 Å². The lowest BCUT2D eigenvalue weighted by atomic mass is 9.97. The summed E-state index contributed by atoms with van der Waals surface area (Å²) in [6, 6.07) is 0. The second kappa shape index (κ2) is 3.63. The monoisotopic (exact) mass is 163 g/mol. The van der Waals surface area contributed by atoms with E-state index in [9.17, 15) is 0 Å². The molecule has 1 saturated heterocycles. The molecule has 0 aliphatic carbocycles. The highest BCUT2D eigenvalue weighted by atomic mass is 14.9. The molecule has 1 aromatic rings. The summed E-state index contributed by atoms with van der Waals surface area (Å²) in [4.78, 5) is 8.37. The molecule has 64 valence electrons. The Hall–Kier alpha value is -0.960. The molecule has 0 unspecified atom stereocenters. The predicted molar refractivity (Wildman–Crippen MR) is 46.9 cm³/mol. The molecular weight excluding hydrogens is 150 g/mol. The summed E-state index contributed by atoms with van der Waals surface area (Å²) in [5.74, 6) is 0.576. The van der Waals surface area contributed by atoms with Gasteiger partial charge in [-0.1, -0.05) is 0 Å². The maximum atomic E-state index is 4.30. The molecule has 1 aliphatic rings. The third-order valence-electron chi connectivity index (χ3n) is 2.30. The Balaban J connectivity index is 2.08. The van der Waals surface area contributed by atoms with E-state index in [4.69, 9.17) is 0 Å². The molecule has 3 nitrogen and oxygen atoms in total. The van der Waals surface area contributed by atoms with Crippen LogP contribution in [0.5, 0.6) is 0 Å². The van der Waals surface area contributed by atoms with Crippen molar-refractivity contribution in [2.24, 2.45) is 0 Å². The lowest BCUT2D eigenvalue weighted by molar-refractivity contribution is 0.453. The van der Waals surface area contributed by atoms with Crippen LogP contribution in [-0.2, 0) is 0 Å². The van der Waals surface area contributed by atoms with Gasteiger partial charge in [-0.3, -0.25) is 9.97 Å². The van der Waals surface area contributed by atoms with Gasteiger partial charge in [0.25, 0.3) is 0 Å². The van der Waals surface area contributed by atoms with E-state index in [1.54, 1.807) is 12.4 Å². The lowest BCUT2D eigenvalue weighted by Gasteiger charge is -2.21. The van der Waals surface area contributed by atoms with Gasteiger partial charge in [0.2, 0.25) is 0 Å². The highest BCUT2D eigenvalue weighted by Gasteiger charge is 2.15. The zero-order valence-corrected chi connectivity index (χ0v) is 7.03. The van der Waals surface area contributed by atoms with E-state index in [0.717, 1.165) is 18.8 Å². The van der Waals surface area contributed by atoms with Crippen molar-refractivity contribution < 1.29 is 0 Å². The quantitative estimate of drug-likeness (QED) is 0.669. The first-order valence-corrected chi connectivity index (χ1v) is 4.43. The number of hydrogen-bond acceptors (Lipinski definition) is 3. The summed E-state index contributed by atoms with van der Waals surface area (Å²) in [5.41, 5.74) is 1.13. The van der Waals surface area contributed by atoms with Crippen molar-refractivity contribution in [3.8, 4) is 0 Å².